The van der Waals surface area contributed by atoms with E-state index in [0.717, 1.165) is 45.7 Å². The van der Waals surface area contributed by atoms with Gasteiger partial charge in [-0.05, 0) is 37.5 Å². The summed E-state index contributed by atoms with van der Waals surface area (Å²) in [4.78, 5) is 2.36. The van der Waals surface area contributed by atoms with Crippen LogP contribution in [0.4, 0.5) is 5.69 Å². The lowest BCUT2D eigenvalue weighted by Gasteiger charge is -2.30. The Morgan fingerprint density at radius 2 is 1.90 bits per heavy atom. The van der Waals surface area contributed by atoms with E-state index in [9.17, 15) is 0 Å². The van der Waals surface area contributed by atoms with Gasteiger partial charge in [0.25, 0.3) is 0 Å². The normalized spacial score (nSPS) is 18.5. The second-order valence-electron chi connectivity index (χ2n) is 6.01. The Morgan fingerprint density at radius 3 is 2.48 bits per heavy atom. The second kappa shape index (κ2) is 7.78. The van der Waals surface area contributed by atoms with Crippen molar-refractivity contribution in [1.82, 2.24) is 5.32 Å². The lowest BCUT2D eigenvalue weighted by molar-refractivity contribution is 0.122. The molecule has 0 saturated carbocycles. The highest BCUT2D eigenvalue weighted by Crippen LogP contribution is 2.18. The van der Waals surface area contributed by atoms with Crippen molar-refractivity contribution in [2.45, 2.75) is 38.8 Å². The summed E-state index contributed by atoms with van der Waals surface area (Å²) in [6.45, 7) is 8.99. The highest BCUT2D eigenvalue weighted by Gasteiger charge is 2.20. The van der Waals surface area contributed by atoms with Crippen molar-refractivity contribution in [2.24, 2.45) is 0 Å². The van der Waals surface area contributed by atoms with Gasteiger partial charge in [0, 0.05) is 37.5 Å². The molecule has 0 aromatic heterocycles. The minimum absolute atomic E-state index is 0.0115. The zero-order valence-electron chi connectivity index (χ0n) is 13.3. The van der Waals surface area contributed by atoms with Crippen molar-refractivity contribution in [3.05, 3.63) is 29.8 Å². The first kappa shape index (κ1) is 16.3. The lowest BCUT2D eigenvalue weighted by Crippen LogP contribution is -2.42. The summed E-state index contributed by atoms with van der Waals surface area (Å²) in [7, 11) is 0. The minimum Gasteiger partial charge on any atom is -0.396 e. The van der Waals surface area contributed by atoms with Crippen molar-refractivity contribution < 1.29 is 9.84 Å². The third kappa shape index (κ3) is 4.70. The number of anilines is 1. The molecule has 4 nitrogen and oxygen atoms in total. The molecule has 1 aromatic carbocycles. The molecule has 118 valence electrons. The van der Waals surface area contributed by atoms with Gasteiger partial charge in [-0.1, -0.05) is 19.1 Å². The molecule has 1 aliphatic heterocycles. The third-order valence-electron chi connectivity index (χ3n) is 4.48. The van der Waals surface area contributed by atoms with Crippen LogP contribution in [-0.2, 0) is 11.3 Å². The van der Waals surface area contributed by atoms with Crippen LogP contribution < -0.4 is 10.2 Å². The summed E-state index contributed by atoms with van der Waals surface area (Å²) in [5.41, 5.74) is 2.57. The van der Waals surface area contributed by atoms with E-state index in [2.05, 4.69) is 48.3 Å². The van der Waals surface area contributed by atoms with Crippen molar-refractivity contribution >= 4 is 5.69 Å². The maximum Gasteiger partial charge on any atom is 0.0642 e. The van der Waals surface area contributed by atoms with Gasteiger partial charge >= 0.3 is 0 Å². The van der Waals surface area contributed by atoms with E-state index in [0.29, 0.717) is 0 Å². The number of rotatable bonds is 7. The molecule has 1 aromatic rings. The van der Waals surface area contributed by atoms with Crippen LogP contribution in [0.5, 0.6) is 0 Å². The van der Waals surface area contributed by atoms with Crippen molar-refractivity contribution in [2.75, 3.05) is 37.8 Å². The van der Waals surface area contributed by atoms with Crippen molar-refractivity contribution in [1.29, 1.82) is 0 Å². The van der Waals surface area contributed by atoms with Crippen LogP contribution in [0.25, 0.3) is 0 Å². The van der Waals surface area contributed by atoms with Gasteiger partial charge < -0.3 is 20.1 Å². The molecule has 1 heterocycles. The standard InChI is InChI=1S/C17H28N2O2/c1-3-17(2,8-11-20)18-14-15-4-6-16(7-5-15)19-9-12-21-13-10-19/h4-7,18,20H,3,8-14H2,1-2H3. The van der Waals surface area contributed by atoms with E-state index in [1.54, 1.807) is 0 Å². The Hall–Kier alpha value is -1.10. The molecule has 1 aliphatic rings. The molecule has 2 N–H and O–H groups in total. The van der Waals surface area contributed by atoms with Crippen LogP contribution >= 0.6 is 0 Å². The lowest BCUT2D eigenvalue weighted by atomic mass is 9.94. The summed E-state index contributed by atoms with van der Waals surface area (Å²) < 4.78 is 5.38. The van der Waals surface area contributed by atoms with Crippen LogP contribution in [0.1, 0.15) is 32.3 Å². The average Bonchev–Trinajstić information content (AvgIpc) is 2.55. The maximum atomic E-state index is 9.16. The number of hydrogen-bond donors (Lipinski definition) is 2. The SMILES string of the molecule is CCC(C)(CCO)NCc1ccc(N2CCOCC2)cc1. The Labute approximate surface area is 128 Å². The predicted octanol–water partition coefficient (Wildman–Crippen LogP) is 2.16. The first-order chi connectivity index (χ1) is 10.2. The Balaban J connectivity index is 1.90. The fraction of sp³-hybridized carbons (Fsp3) is 0.647. The van der Waals surface area contributed by atoms with Crippen LogP contribution in [0.15, 0.2) is 24.3 Å². The van der Waals surface area contributed by atoms with Crippen LogP contribution in [0, 0.1) is 0 Å². The molecule has 21 heavy (non-hydrogen) atoms. The molecule has 0 spiro atoms. The summed E-state index contributed by atoms with van der Waals surface area (Å²) in [6.07, 6.45) is 1.80. The molecule has 1 unspecified atom stereocenters. The predicted molar refractivity (Wildman–Crippen MR) is 86.7 cm³/mol. The number of aliphatic hydroxyl groups is 1. The summed E-state index contributed by atoms with van der Waals surface area (Å²) in [5, 5.41) is 12.7. The summed E-state index contributed by atoms with van der Waals surface area (Å²) in [6, 6.07) is 8.76. The summed E-state index contributed by atoms with van der Waals surface area (Å²) in [5.74, 6) is 0. The number of nitrogens with zero attached hydrogens (tertiary/aromatic N) is 1. The highest BCUT2D eigenvalue weighted by molar-refractivity contribution is 5.47. The van der Waals surface area contributed by atoms with Gasteiger partial charge in [-0.15, -0.1) is 0 Å². The smallest absolute Gasteiger partial charge is 0.0642 e. The molecule has 0 bridgehead atoms. The number of morpholine rings is 1. The molecule has 1 atom stereocenters. The zero-order valence-corrected chi connectivity index (χ0v) is 13.3. The molecule has 0 radical (unpaired) electrons. The van der Waals surface area contributed by atoms with Gasteiger partial charge in [0.05, 0.1) is 13.2 Å². The number of ether oxygens (including phenoxy) is 1. The van der Waals surface area contributed by atoms with Gasteiger partial charge in [0.2, 0.25) is 0 Å². The van der Waals surface area contributed by atoms with Gasteiger partial charge in [-0.25, -0.2) is 0 Å². The summed E-state index contributed by atoms with van der Waals surface area (Å²) >= 11 is 0. The fourth-order valence-corrected chi connectivity index (χ4v) is 2.60. The topological polar surface area (TPSA) is 44.7 Å². The molecule has 2 rings (SSSR count). The van der Waals surface area contributed by atoms with Crippen molar-refractivity contribution in [3.8, 4) is 0 Å². The molecular weight excluding hydrogens is 264 g/mol. The van der Waals surface area contributed by atoms with Crippen LogP contribution in [-0.4, -0.2) is 43.6 Å². The highest BCUT2D eigenvalue weighted by atomic mass is 16.5. The first-order valence-corrected chi connectivity index (χ1v) is 7.94. The monoisotopic (exact) mass is 292 g/mol. The largest absolute Gasteiger partial charge is 0.396 e. The molecule has 1 saturated heterocycles. The minimum atomic E-state index is 0.0115. The number of hydrogen-bond acceptors (Lipinski definition) is 4. The Bertz CT molecular complexity index is 415. The quantitative estimate of drug-likeness (QED) is 0.808. The Morgan fingerprint density at radius 1 is 1.24 bits per heavy atom. The number of benzene rings is 1. The first-order valence-electron chi connectivity index (χ1n) is 7.94. The van der Waals surface area contributed by atoms with Crippen LogP contribution in [0.3, 0.4) is 0 Å². The van der Waals surface area contributed by atoms with Gasteiger partial charge in [0.15, 0.2) is 0 Å². The molecule has 4 heteroatoms. The van der Waals surface area contributed by atoms with Crippen LogP contribution in [0.2, 0.25) is 0 Å². The molecule has 0 aliphatic carbocycles. The maximum absolute atomic E-state index is 9.16. The van der Waals surface area contributed by atoms with E-state index in [-0.39, 0.29) is 12.1 Å². The van der Waals surface area contributed by atoms with Crippen molar-refractivity contribution in [3.63, 3.8) is 0 Å². The zero-order chi connectivity index (χ0) is 15.1. The number of aliphatic hydroxyl groups excluding tert-OH is 1. The van der Waals surface area contributed by atoms with E-state index in [1.165, 1.54) is 11.3 Å². The molecule has 0 amide bonds. The molecular formula is C17H28N2O2. The van der Waals surface area contributed by atoms with E-state index in [1.807, 2.05) is 0 Å². The fourth-order valence-electron chi connectivity index (χ4n) is 2.60. The second-order valence-corrected chi connectivity index (χ2v) is 6.01. The van der Waals surface area contributed by atoms with Gasteiger partial charge in [-0.3, -0.25) is 0 Å². The third-order valence-corrected chi connectivity index (χ3v) is 4.48. The van der Waals surface area contributed by atoms with Gasteiger partial charge in [0.1, 0.15) is 0 Å². The average molecular weight is 292 g/mol. The Kier molecular flexibility index (Phi) is 6.03. The molecule has 1 fully saturated rings. The van der Waals surface area contributed by atoms with Gasteiger partial charge in [-0.2, -0.15) is 0 Å². The number of nitrogens with one attached hydrogen (secondary N) is 1. The van der Waals surface area contributed by atoms with E-state index >= 15 is 0 Å². The van der Waals surface area contributed by atoms with E-state index < -0.39 is 0 Å². The van der Waals surface area contributed by atoms with E-state index in [4.69, 9.17) is 9.84 Å².